The van der Waals surface area contributed by atoms with Crippen LogP contribution in [0.4, 0.5) is 4.39 Å². The van der Waals surface area contributed by atoms with Crippen LogP contribution < -0.4 is 0 Å². The predicted molar refractivity (Wildman–Crippen MR) is 123 cm³/mol. The Morgan fingerprint density at radius 2 is 1.69 bits per heavy atom. The number of nitrogens with zero attached hydrogens (tertiary/aromatic N) is 5. The number of halogens is 1. The van der Waals surface area contributed by atoms with Gasteiger partial charge < -0.3 is 4.52 Å². The molecule has 0 unspecified atom stereocenters. The van der Waals surface area contributed by atoms with Crippen molar-refractivity contribution in [2.45, 2.75) is 20.0 Å². The Bertz CT molecular complexity index is 1180. The molecule has 8 heteroatoms. The summed E-state index contributed by atoms with van der Waals surface area (Å²) in [5.74, 6) is 0.720. The van der Waals surface area contributed by atoms with Crippen LogP contribution in [0.3, 0.4) is 0 Å². The average Bonchev–Trinajstić information content (AvgIpc) is 3.48. The Hall–Kier alpha value is -2.94. The minimum atomic E-state index is -0.263. The van der Waals surface area contributed by atoms with Crippen molar-refractivity contribution in [3.8, 4) is 22.0 Å². The Morgan fingerprint density at radius 1 is 0.938 bits per heavy atom. The smallest absolute Gasteiger partial charge is 0.241 e. The molecule has 2 aromatic carbocycles. The number of thiazole rings is 1. The fraction of sp³-hybridized carbons (Fsp3) is 0.292. The molecule has 3 heterocycles. The van der Waals surface area contributed by atoms with E-state index in [1.165, 1.54) is 11.6 Å². The molecule has 5 rings (SSSR count). The molecule has 6 nitrogen and oxygen atoms in total. The van der Waals surface area contributed by atoms with Gasteiger partial charge in [0.25, 0.3) is 0 Å². The number of piperazine rings is 1. The maximum Gasteiger partial charge on any atom is 0.241 e. The third-order valence-electron chi connectivity index (χ3n) is 5.68. The highest BCUT2D eigenvalue weighted by Crippen LogP contribution is 2.24. The molecule has 1 saturated heterocycles. The van der Waals surface area contributed by atoms with Crippen LogP contribution in [0.2, 0.25) is 0 Å². The van der Waals surface area contributed by atoms with Crippen LogP contribution >= 0.6 is 11.3 Å². The zero-order valence-corrected chi connectivity index (χ0v) is 18.7. The van der Waals surface area contributed by atoms with Crippen LogP contribution in [0, 0.1) is 12.7 Å². The quantitative estimate of drug-likeness (QED) is 0.428. The topological polar surface area (TPSA) is 58.3 Å². The summed E-state index contributed by atoms with van der Waals surface area (Å²) in [7, 11) is 0. The van der Waals surface area contributed by atoms with E-state index < -0.39 is 0 Å². The van der Waals surface area contributed by atoms with Crippen LogP contribution in [0.25, 0.3) is 22.0 Å². The molecule has 1 aliphatic heterocycles. The molecule has 0 N–H and O–H groups in total. The maximum atomic E-state index is 13.8. The van der Waals surface area contributed by atoms with Crippen molar-refractivity contribution < 1.29 is 8.91 Å². The van der Waals surface area contributed by atoms with Crippen LogP contribution in [0.15, 0.2) is 58.4 Å². The highest BCUT2D eigenvalue weighted by molar-refractivity contribution is 7.13. The van der Waals surface area contributed by atoms with Crippen LogP contribution in [0.1, 0.15) is 17.1 Å². The van der Waals surface area contributed by atoms with Crippen molar-refractivity contribution >= 4 is 11.3 Å². The molecule has 4 aromatic rings. The van der Waals surface area contributed by atoms with E-state index in [9.17, 15) is 4.39 Å². The molecule has 0 radical (unpaired) electrons. The van der Waals surface area contributed by atoms with E-state index in [1.54, 1.807) is 24.3 Å². The third-order valence-corrected chi connectivity index (χ3v) is 6.62. The van der Waals surface area contributed by atoms with Crippen LogP contribution in [0.5, 0.6) is 0 Å². The van der Waals surface area contributed by atoms with Gasteiger partial charge in [-0.05, 0) is 18.6 Å². The van der Waals surface area contributed by atoms with E-state index in [0.29, 0.717) is 29.4 Å². The first-order valence-corrected chi connectivity index (χ1v) is 11.6. The highest BCUT2D eigenvalue weighted by Gasteiger charge is 2.20. The molecule has 0 atom stereocenters. The Labute approximate surface area is 190 Å². The first-order valence-electron chi connectivity index (χ1n) is 10.7. The minimum Gasteiger partial charge on any atom is -0.338 e. The number of hydrogen-bond donors (Lipinski definition) is 0. The molecular formula is C24H24FN5OS. The molecule has 32 heavy (non-hydrogen) atoms. The van der Waals surface area contributed by atoms with Crippen molar-refractivity contribution in [2.24, 2.45) is 0 Å². The van der Waals surface area contributed by atoms with Gasteiger partial charge in [-0.2, -0.15) is 4.98 Å². The fourth-order valence-electron chi connectivity index (χ4n) is 3.79. The van der Waals surface area contributed by atoms with Crippen LogP contribution in [-0.4, -0.2) is 51.1 Å². The van der Waals surface area contributed by atoms with Crippen molar-refractivity contribution in [3.63, 3.8) is 0 Å². The van der Waals surface area contributed by atoms with Gasteiger partial charge in [0.05, 0.1) is 12.2 Å². The van der Waals surface area contributed by atoms with Gasteiger partial charge >= 0.3 is 0 Å². The SMILES string of the molecule is Cc1ccc(-c2noc(CN3CCN(Cc4csc(-c5ccccc5)n4)CC3)n2)cc1F. The second kappa shape index (κ2) is 9.28. The lowest BCUT2D eigenvalue weighted by Crippen LogP contribution is -2.45. The summed E-state index contributed by atoms with van der Waals surface area (Å²) in [5.41, 5.74) is 3.52. The first-order chi connectivity index (χ1) is 15.6. The zero-order chi connectivity index (χ0) is 21.9. The molecule has 0 bridgehead atoms. The zero-order valence-electron chi connectivity index (χ0n) is 17.9. The van der Waals surface area contributed by atoms with Gasteiger partial charge in [-0.25, -0.2) is 9.37 Å². The average molecular weight is 450 g/mol. The number of aromatic nitrogens is 3. The van der Waals surface area contributed by atoms with Crippen molar-refractivity contribution in [1.29, 1.82) is 0 Å². The molecule has 1 fully saturated rings. The summed E-state index contributed by atoms with van der Waals surface area (Å²) in [5, 5.41) is 7.25. The van der Waals surface area contributed by atoms with E-state index >= 15 is 0 Å². The number of benzene rings is 2. The first kappa shape index (κ1) is 20.9. The van der Waals surface area contributed by atoms with E-state index in [1.807, 2.05) is 24.3 Å². The maximum absolute atomic E-state index is 13.8. The van der Waals surface area contributed by atoms with E-state index in [2.05, 4.69) is 37.5 Å². The summed E-state index contributed by atoms with van der Waals surface area (Å²) >= 11 is 1.70. The molecule has 164 valence electrons. The van der Waals surface area contributed by atoms with Gasteiger partial charge in [0.2, 0.25) is 11.7 Å². The Kier molecular flexibility index (Phi) is 6.07. The molecule has 1 aliphatic rings. The normalized spacial score (nSPS) is 15.3. The van der Waals surface area contributed by atoms with Gasteiger partial charge in [0, 0.05) is 49.2 Å². The van der Waals surface area contributed by atoms with Gasteiger partial charge in [-0.3, -0.25) is 9.80 Å². The lowest BCUT2D eigenvalue weighted by Gasteiger charge is -2.33. The van der Waals surface area contributed by atoms with Gasteiger partial charge in [0.15, 0.2) is 0 Å². The summed E-state index contributed by atoms with van der Waals surface area (Å²) < 4.78 is 19.2. The van der Waals surface area contributed by atoms with E-state index in [4.69, 9.17) is 9.51 Å². The predicted octanol–water partition coefficient (Wildman–Crippen LogP) is 4.63. The standard InChI is InChI=1S/C24H24FN5OS/c1-17-7-8-19(13-21(17)25)23-27-22(31-28-23)15-30-11-9-29(10-12-30)14-20-16-32-24(26-20)18-5-3-2-4-6-18/h2-8,13,16H,9-12,14-15H2,1H3. The number of aryl methyl sites for hydroxylation is 1. The molecule has 0 amide bonds. The number of rotatable bonds is 6. The minimum absolute atomic E-state index is 0.263. The van der Waals surface area contributed by atoms with Crippen LogP contribution in [-0.2, 0) is 13.1 Å². The highest BCUT2D eigenvalue weighted by atomic mass is 32.1. The summed E-state index contributed by atoms with van der Waals surface area (Å²) in [6, 6.07) is 15.3. The Balaban J connectivity index is 1.14. The van der Waals surface area contributed by atoms with Crippen molar-refractivity contribution in [3.05, 3.63) is 76.9 Å². The fourth-order valence-corrected chi connectivity index (χ4v) is 4.60. The van der Waals surface area contributed by atoms with E-state index in [-0.39, 0.29) is 5.82 Å². The summed E-state index contributed by atoms with van der Waals surface area (Å²) in [6.45, 7) is 6.96. The summed E-state index contributed by atoms with van der Waals surface area (Å²) in [6.07, 6.45) is 0. The molecule has 0 aliphatic carbocycles. The molecule has 0 spiro atoms. The van der Waals surface area contributed by atoms with Crippen molar-refractivity contribution in [1.82, 2.24) is 24.9 Å². The van der Waals surface area contributed by atoms with Gasteiger partial charge in [0.1, 0.15) is 10.8 Å². The largest absolute Gasteiger partial charge is 0.338 e. The van der Waals surface area contributed by atoms with E-state index in [0.717, 1.165) is 43.4 Å². The number of hydrogen-bond acceptors (Lipinski definition) is 7. The second-order valence-electron chi connectivity index (χ2n) is 8.04. The van der Waals surface area contributed by atoms with Gasteiger partial charge in [-0.1, -0.05) is 47.6 Å². The van der Waals surface area contributed by atoms with Gasteiger partial charge in [-0.15, -0.1) is 11.3 Å². The lowest BCUT2D eigenvalue weighted by atomic mass is 10.1. The molecular weight excluding hydrogens is 425 g/mol. The summed E-state index contributed by atoms with van der Waals surface area (Å²) in [4.78, 5) is 14.0. The van der Waals surface area contributed by atoms with Crippen molar-refractivity contribution in [2.75, 3.05) is 26.2 Å². The third kappa shape index (κ3) is 4.77. The molecule has 2 aromatic heterocycles. The Morgan fingerprint density at radius 3 is 2.44 bits per heavy atom. The molecule has 0 saturated carbocycles. The monoisotopic (exact) mass is 449 g/mol. The second-order valence-corrected chi connectivity index (χ2v) is 8.90. The lowest BCUT2D eigenvalue weighted by molar-refractivity contribution is 0.111.